The maximum atomic E-state index is 11.8. The van der Waals surface area contributed by atoms with E-state index in [0.717, 1.165) is 11.4 Å². The fourth-order valence-corrected chi connectivity index (χ4v) is 2.00. The lowest BCUT2D eigenvalue weighted by Crippen LogP contribution is -2.30. The van der Waals surface area contributed by atoms with E-state index in [1.165, 1.54) is 6.26 Å². The summed E-state index contributed by atoms with van der Waals surface area (Å²) in [5.74, 6) is 0.389. The van der Waals surface area contributed by atoms with E-state index in [1.54, 1.807) is 16.8 Å². The van der Waals surface area contributed by atoms with E-state index < -0.39 is 6.10 Å². The minimum Gasteiger partial charge on any atom is -0.467 e. The first-order valence-corrected chi connectivity index (χ1v) is 6.55. The van der Waals surface area contributed by atoms with Crippen molar-refractivity contribution >= 4 is 5.91 Å². The van der Waals surface area contributed by atoms with Crippen molar-refractivity contribution in [2.45, 2.75) is 32.9 Å². The van der Waals surface area contributed by atoms with Gasteiger partial charge in [-0.15, -0.1) is 0 Å². The number of hydrogen-bond acceptors (Lipinski definition) is 4. The summed E-state index contributed by atoms with van der Waals surface area (Å²) < 4.78 is 6.75. The molecule has 6 nitrogen and oxygen atoms in total. The summed E-state index contributed by atoms with van der Waals surface area (Å²) in [4.78, 5) is 11.8. The van der Waals surface area contributed by atoms with E-state index in [1.807, 2.05) is 19.9 Å². The highest BCUT2D eigenvalue weighted by Crippen LogP contribution is 2.15. The zero-order valence-corrected chi connectivity index (χ0v) is 11.7. The van der Waals surface area contributed by atoms with Gasteiger partial charge in [-0.2, -0.15) is 5.10 Å². The summed E-state index contributed by atoms with van der Waals surface area (Å²) in [6.07, 6.45) is 1.23. The predicted molar refractivity (Wildman–Crippen MR) is 73.0 cm³/mol. The molecule has 20 heavy (non-hydrogen) atoms. The molecule has 0 bridgehead atoms. The number of carbonyl (C=O) groups excluding carboxylic acids is 1. The zero-order chi connectivity index (χ0) is 14.5. The van der Waals surface area contributed by atoms with Gasteiger partial charge in [0, 0.05) is 12.2 Å². The molecule has 2 aromatic rings. The second-order valence-corrected chi connectivity index (χ2v) is 4.75. The SMILES string of the molecule is Cc1cc(C)n(CC(=O)NCCC(O)c2ccco2)n1. The molecular weight excluding hydrogens is 258 g/mol. The van der Waals surface area contributed by atoms with Crippen molar-refractivity contribution in [1.29, 1.82) is 0 Å². The van der Waals surface area contributed by atoms with Gasteiger partial charge in [0.2, 0.25) is 5.91 Å². The summed E-state index contributed by atoms with van der Waals surface area (Å²) in [6, 6.07) is 5.36. The molecule has 0 fully saturated rings. The van der Waals surface area contributed by atoms with Crippen molar-refractivity contribution in [2.75, 3.05) is 6.54 Å². The smallest absolute Gasteiger partial charge is 0.241 e. The maximum Gasteiger partial charge on any atom is 0.241 e. The fourth-order valence-electron chi connectivity index (χ4n) is 2.00. The number of rotatable bonds is 6. The van der Waals surface area contributed by atoms with Crippen molar-refractivity contribution < 1.29 is 14.3 Å². The number of furan rings is 1. The van der Waals surface area contributed by atoms with Crippen LogP contribution in [0.3, 0.4) is 0 Å². The quantitative estimate of drug-likeness (QED) is 0.835. The van der Waals surface area contributed by atoms with Crippen LogP contribution in [0, 0.1) is 13.8 Å². The molecule has 0 radical (unpaired) electrons. The van der Waals surface area contributed by atoms with Gasteiger partial charge in [0.05, 0.1) is 12.0 Å². The number of amides is 1. The van der Waals surface area contributed by atoms with Crippen molar-refractivity contribution in [2.24, 2.45) is 0 Å². The van der Waals surface area contributed by atoms with Crippen molar-refractivity contribution in [3.05, 3.63) is 41.6 Å². The van der Waals surface area contributed by atoms with Crippen LogP contribution in [-0.4, -0.2) is 27.3 Å². The van der Waals surface area contributed by atoms with Gasteiger partial charge >= 0.3 is 0 Å². The molecule has 0 spiro atoms. The summed E-state index contributed by atoms with van der Waals surface area (Å²) in [5, 5.41) is 16.8. The monoisotopic (exact) mass is 277 g/mol. The number of hydrogen-bond donors (Lipinski definition) is 2. The standard InChI is InChI=1S/C14H19N3O3/c1-10-8-11(2)17(16-10)9-14(19)15-6-5-12(18)13-4-3-7-20-13/h3-4,7-8,12,18H,5-6,9H2,1-2H3,(H,15,19). The summed E-state index contributed by atoms with van der Waals surface area (Å²) in [5.41, 5.74) is 1.84. The average molecular weight is 277 g/mol. The molecule has 2 rings (SSSR count). The molecule has 0 aromatic carbocycles. The first-order valence-electron chi connectivity index (χ1n) is 6.55. The third-order valence-corrected chi connectivity index (χ3v) is 3.01. The Morgan fingerprint density at radius 3 is 2.95 bits per heavy atom. The molecule has 1 atom stereocenters. The van der Waals surface area contributed by atoms with Crippen LogP contribution in [-0.2, 0) is 11.3 Å². The molecular formula is C14H19N3O3. The lowest BCUT2D eigenvalue weighted by atomic mass is 10.2. The van der Waals surface area contributed by atoms with Crippen LogP contribution in [0.1, 0.15) is 29.7 Å². The highest BCUT2D eigenvalue weighted by Gasteiger charge is 2.11. The zero-order valence-electron chi connectivity index (χ0n) is 11.7. The maximum absolute atomic E-state index is 11.8. The molecule has 0 aliphatic carbocycles. The number of nitrogens with zero attached hydrogens (tertiary/aromatic N) is 2. The first kappa shape index (κ1) is 14.3. The molecule has 0 aliphatic heterocycles. The van der Waals surface area contributed by atoms with Crippen LogP contribution in [0.25, 0.3) is 0 Å². The number of aromatic nitrogens is 2. The number of aliphatic hydroxyl groups excluding tert-OH is 1. The van der Waals surface area contributed by atoms with Crippen LogP contribution >= 0.6 is 0 Å². The molecule has 1 unspecified atom stereocenters. The Morgan fingerprint density at radius 1 is 1.55 bits per heavy atom. The topological polar surface area (TPSA) is 80.3 Å². The van der Waals surface area contributed by atoms with E-state index >= 15 is 0 Å². The van der Waals surface area contributed by atoms with E-state index in [4.69, 9.17) is 4.42 Å². The Balaban J connectivity index is 1.74. The molecule has 0 saturated carbocycles. The van der Waals surface area contributed by atoms with Gasteiger partial charge in [0.1, 0.15) is 18.4 Å². The van der Waals surface area contributed by atoms with Gasteiger partial charge in [-0.3, -0.25) is 9.48 Å². The number of aliphatic hydroxyl groups is 1. The second-order valence-electron chi connectivity index (χ2n) is 4.75. The molecule has 108 valence electrons. The average Bonchev–Trinajstić information content (AvgIpc) is 3.00. The minimum absolute atomic E-state index is 0.122. The van der Waals surface area contributed by atoms with Crippen LogP contribution in [0.15, 0.2) is 28.9 Å². The van der Waals surface area contributed by atoms with Crippen LogP contribution in [0.2, 0.25) is 0 Å². The van der Waals surface area contributed by atoms with Gasteiger partial charge < -0.3 is 14.8 Å². The van der Waals surface area contributed by atoms with Gasteiger partial charge in [-0.1, -0.05) is 0 Å². The van der Waals surface area contributed by atoms with Gasteiger partial charge in [-0.05, 0) is 38.5 Å². The summed E-state index contributed by atoms with van der Waals surface area (Å²) in [7, 11) is 0. The lowest BCUT2D eigenvalue weighted by molar-refractivity contribution is -0.121. The Morgan fingerprint density at radius 2 is 2.35 bits per heavy atom. The third-order valence-electron chi connectivity index (χ3n) is 3.01. The summed E-state index contributed by atoms with van der Waals surface area (Å²) >= 11 is 0. The Kier molecular flexibility index (Phi) is 4.57. The van der Waals surface area contributed by atoms with E-state index in [-0.39, 0.29) is 12.5 Å². The first-order chi connectivity index (χ1) is 9.56. The molecule has 1 amide bonds. The van der Waals surface area contributed by atoms with Crippen molar-refractivity contribution in [3.63, 3.8) is 0 Å². The normalized spacial score (nSPS) is 12.3. The van der Waals surface area contributed by atoms with E-state index in [9.17, 15) is 9.90 Å². The van der Waals surface area contributed by atoms with Crippen LogP contribution in [0.5, 0.6) is 0 Å². The Bertz CT molecular complexity index is 560. The molecule has 2 heterocycles. The third kappa shape index (κ3) is 3.71. The Labute approximate surface area is 117 Å². The number of carbonyl (C=O) groups is 1. The van der Waals surface area contributed by atoms with Crippen molar-refractivity contribution in [1.82, 2.24) is 15.1 Å². The molecule has 0 saturated heterocycles. The van der Waals surface area contributed by atoms with Gasteiger partial charge in [0.15, 0.2) is 0 Å². The lowest BCUT2D eigenvalue weighted by Gasteiger charge is -2.09. The van der Waals surface area contributed by atoms with Gasteiger partial charge in [-0.25, -0.2) is 0 Å². The van der Waals surface area contributed by atoms with E-state index in [0.29, 0.717) is 18.7 Å². The molecule has 2 aromatic heterocycles. The highest BCUT2D eigenvalue weighted by molar-refractivity contribution is 5.75. The number of nitrogens with one attached hydrogen (secondary N) is 1. The molecule has 0 aliphatic rings. The van der Waals surface area contributed by atoms with Crippen molar-refractivity contribution in [3.8, 4) is 0 Å². The highest BCUT2D eigenvalue weighted by atomic mass is 16.4. The Hall–Kier alpha value is -2.08. The second kappa shape index (κ2) is 6.38. The minimum atomic E-state index is -0.695. The fraction of sp³-hybridized carbons (Fsp3) is 0.429. The van der Waals surface area contributed by atoms with E-state index in [2.05, 4.69) is 10.4 Å². The van der Waals surface area contributed by atoms with Gasteiger partial charge in [0.25, 0.3) is 0 Å². The van der Waals surface area contributed by atoms with Crippen LogP contribution < -0.4 is 5.32 Å². The summed E-state index contributed by atoms with van der Waals surface area (Å²) in [6.45, 7) is 4.38. The predicted octanol–water partition coefficient (Wildman–Crippen LogP) is 1.33. The molecule has 6 heteroatoms. The van der Waals surface area contributed by atoms with Crippen LogP contribution in [0.4, 0.5) is 0 Å². The largest absolute Gasteiger partial charge is 0.467 e. The molecule has 2 N–H and O–H groups in total. The number of aryl methyl sites for hydroxylation is 2.